The molecule has 0 radical (unpaired) electrons. The number of aliphatic hydroxyl groups excluding tert-OH is 1. The summed E-state index contributed by atoms with van der Waals surface area (Å²) in [5.74, 6) is 1.20. The van der Waals surface area contributed by atoms with E-state index in [9.17, 15) is 10.2 Å². The molecule has 0 amide bonds. The van der Waals surface area contributed by atoms with Crippen LogP contribution in [0.5, 0.6) is 0 Å². The maximum atomic E-state index is 10.2. The van der Waals surface area contributed by atoms with Crippen molar-refractivity contribution >= 4 is 11.8 Å². The number of aromatic nitrogens is 3. The molecule has 5 nitrogen and oxygen atoms in total. The van der Waals surface area contributed by atoms with Gasteiger partial charge in [0, 0.05) is 12.3 Å². The molecule has 0 aliphatic rings. The topological polar surface area (TPSA) is 71.2 Å². The van der Waals surface area contributed by atoms with Crippen LogP contribution in [0.2, 0.25) is 0 Å². The molecule has 6 heteroatoms. The number of rotatable bonds is 8. The molecule has 2 N–H and O–H groups in total. The third-order valence-electron chi connectivity index (χ3n) is 3.17. The molecule has 104 valence electrons. The van der Waals surface area contributed by atoms with E-state index < -0.39 is 5.60 Å². The molecular weight excluding hydrogens is 250 g/mol. The minimum Gasteiger partial charge on any atom is -0.389 e. The van der Waals surface area contributed by atoms with E-state index in [2.05, 4.69) is 17.1 Å². The molecule has 0 aliphatic carbocycles. The van der Waals surface area contributed by atoms with Gasteiger partial charge >= 0.3 is 0 Å². The summed E-state index contributed by atoms with van der Waals surface area (Å²) in [5, 5.41) is 28.3. The molecular formula is C12H23N3O2S. The van der Waals surface area contributed by atoms with Crippen molar-refractivity contribution in [2.45, 2.75) is 63.9 Å². The first-order valence-electron chi connectivity index (χ1n) is 6.48. The highest BCUT2D eigenvalue weighted by molar-refractivity contribution is 7.99. The summed E-state index contributed by atoms with van der Waals surface area (Å²) in [6.07, 6.45) is 2.42. The molecule has 0 spiro atoms. The molecule has 1 aromatic heterocycles. The third-order valence-corrected chi connectivity index (χ3v) is 4.41. The molecule has 0 atom stereocenters. The van der Waals surface area contributed by atoms with Crippen molar-refractivity contribution in [3.05, 3.63) is 5.82 Å². The van der Waals surface area contributed by atoms with Crippen molar-refractivity contribution in [3.63, 3.8) is 0 Å². The predicted molar refractivity (Wildman–Crippen MR) is 72.5 cm³/mol. The Hall–Kier alpha value is -0.590. The fourth-order valence-electron chi connectivity index (χ4n) is 1.64. The van der Waals surface area contributed by atoms with E-state index in [1.807, 2.05) is 18.4 Å². The standard InChI is InChI=1S/C12H23N3O2S/c1-4-7-15-10(8-16)13-14-11(15)18-9-12(17,5-2)6-3/h16-17H,4-9H2,1-3H3. The lowest BCUT2D eigenvalue weighted by Crippen LogP contribution is -2.29. The average Bonchev–Trinajstić information content (AvgIpc) is 2.79. The van der Waals surface area contributed by atoms with E-state index in [0.29, 0.717) is 11.6 Å². The number of thioether (sulfide) groups is 1. The van der Waals surface area contributed by atoms with E-state index >= 15 is 0 Å². The van der Waals surface area contributed by atoms with Crippen LogP contribution in [0.1, 0.15) is 45.9 Å². The van der Waals surface area contributed by atoms with Crippen LogP contribution in [0.3, 0.4) is 0 Å². The van der Waals surface area contributed by atoms with Crippen LogP contribution in [0.15, 0.2) is 5.16 Å². The minimum atomic E-state index is -0.646. The first kappa shape index (κ1) is 15.5. The van der Waals surface area contributed by atoms with Crippen LogP contribution in [-0.2, 0) is 13.2 Å². The van der Waals surface area contributed by atoms with Gasteiger partial charge in [-0.1, -0.05) is 32.5 Å². The minimum absolute atomic E-state index is 0.0978. The Kier molecular flexibility index (Phi) is 6.11. The summed E-state index contributed by atoms with van der Waals surface area (Å²) in [7, 11) is 0. The Bertz CT molecular complexity index is 364. The second kappa shape index (κ2) is 7.11. The van der Waals surface area contributed by atoms with Gasteiger partial charge in [-0.2, -0.15) is 0 Å². The van der Waals surface area contributed by atoms with Gasteiger partial charge in [0.25, 0.3) is 0 Å². The fraction of sp³-hybridized carbons (Fsp3) is 0.833. The zero-order valence-corrected chi connectivity index (χ0v) is 12.2. The second-order valence-electron chi connectivity index (χ2n) is 4.43. The molecule has 1 heterocycles. The summed E-state index contributed by atoms with van der Waals surface area (Å²) < 4.78 is 1.93. The summed E-state index contributed by atoms with van der Waals surface area (Å²) in [4.78, 5) is 0. The molecule has 0 saturated heterocycles. The van der Waals surface area contributed by atoms with Gasteiger partial charge in [0.05, 0.1) is 5.60 Å². The van der Waals surface area contributed by atoms with E-state index in [-0.39, 0.29) is 6.61 Å². The molecule has 0 aromatic carbocycles. The number of nitrogens with zero attached hydrogens (tertiary/aromatic N) is 3. The molecule has 0 aliphatic heterocycles. The summed E-state index contributed by atoms with van der Waals surface area (Å²) in [6, 6.07) is 0. The molecule has 0 fully saturated rings. The average molecular weight is 273 g/mol. The molecule has 0 bridgehead atoms. The van der Waals surface area contributed by atoms with Crippen LogP contribution < -0.4 is 0 Å². The van der Waals surface area contributed by atoms with Crippen molar-refractivity contribution in [3.8, 4) is 0 Å². The maximum Gasteiger partial charge on any atom is 0.191 e. The van der Waals surface area contributed by atoms with Crippen molar-refractivity contribution < 1.29 is 10.2 Å². The van der Waals surface area contributed by atoms with Crippen molar-refractivity contribution in [2.24, 2.45) is 0 Å². The smallest absolute Gasteiger partial charge is 0.191 e. The van der Waals surface area contributed by atoms with Crippen molar-refractivity contribution in [1.29, 1.82) is 0 Å². The molecule has 0 unspecified atom stereocenters. The van der Waals surface area contributed by atoms with E-state index in [1.165, 1.54) is 11.8 Å². The lowest BCUT2D eigenvalue weighted by atomic mass is 10.0. The highest BCUT2D eigenvalue weighted by Gasteiger charge is 2.24. The van der Waals surface area contributed by atoms with Crippen LogP contribution in [-0.4, -0.2) is 36.3 Å². The Morgan fingerprint density at radius 2 is 1.89 bits per heavy atom. The zero-order valence-electron chi connectivity index (χ0n) is 11.4. The van der Waals surface area contributed by atoms with Gasteiger partial charge in [-0.15, -0.1) is 10.2 Å². The van der Waals surface area contributed by atoms with Gasteiger partial charge in [-0.25, -0.2) is 0 Å². The lowest BCUT2D eigenvalue weighted by molar-refractivity contribution is 0.0571. The molecule has 1 aromatic rings. The summed E-state index contributed by atoms with van der Waals surface area (Å²) >= 11 is 1.51. The first-order valence-corrected chi connectivity index (χ1v) is 7.46. The number of hydrogen-bond donors (Lipinski definition) is 2. The lowest BCUT2D eigenvalue weighted by Gasteiger charge is -2.24. The monoisotopic (exact) mass is 273 g/mol. The van der Waals surface area contributed by atoms with E-state index in [4.69, 9.17) is 0 Å². The number of aliphatic hydroxyl groups is 2. The van der Waals surface area contributed by atoms with Gasteiger partial charge in [0.2, 0.25) is 0 Å². The molecule has 18 heavy (non-hydrogen) atoms. The van der Waals surface area contributed by atoms with Crippen LogP contribution >= 0.6 is 11.8 Å². The highest BCUT2D eigenvalue weighted by Crippen LogP contribution is 2.26. The molecule has 0 saturated carbocycles. The van der Waals surface area contributed by atoms with Gasteiger partial charge in [0.15, 0.2) is 11.0 Å². The Balaban J connectivity index is 2.75. The third kappa shape index (κ3) is 3.70. The van der Waals surface area contributed by atoms with Gasteiger partial charge in [-0.3, -0.25) is 0 Å². The van der Waals surface area contributed by atoms with Crippen LogP contribution in [0.4, 0.5) is 0 Å². The van der Waals surface area contributed by atoms with Crippen molar-refractivity contribution in [1.82, 2.24) is 14.8 Å². The fourth-order valence-corrected chi connectivity index (χ4v) is 2.90. The first-order chi connectivity index (χ1) is 8.60. The van der Waals surface area contributed by atoms with E-state index in [0.717, 1.165) is 31.0 Å². The Labute approximate surface area is 113 Å². The van der Waals surface area contributed by atoms with E-state index in [1.54, 1.807) is 0 Å². The van der Waals surface area contributed by atoms with Gasteiger partial charge < -0.3 is 14.8 Å². The normalized spacial score (nSPS) is 12.1. The van der Waals surface area contributed by atoms with Gasteiger partial charge in [-0.05, 0) is 19.3 Å². The highest BCUT2D eigenvalue weighted by atomic mass is 32.2. The summed E-state index contributed by atoms with van der Waals surface area (Å²) in [5.41, 5.74) is -0.646. The van der Waals surface area contributed by atoms with Crippen molar-refractivity contribution in [2.75, 3.05) is 5.75 Å². The Morgan fingerprint density at radius 1 is 1.22 bits per heavy atom. The largest absolute Gasteiger partial charge is 0.389 e. The SMILES string of the molecule is CCCn1c(CO)nnc1SCC(O)(CC)CC. The summed E-state index contributed by atoms with van der Waals surface area (Å²) in [6.45, 7) is 6.74. The molecule has 1 rings (SSSR count). The quantitative estimate of drug-likeness (QED) is 0.707. The van der Waals surface area contributed by atoms with Crippen LogP contribution in [0.25, 0.3) is 0 Å². The second-order valence-corrected chi connectivity index (χ2v) is 5.37. The van der Waals surface area contributed by atoms with Gasteiger partial charge in [0.1, 0.15) is 6.61 Å². The maximum absolute atomic E-state index is 10.2. The Morgan fingerprint density at radius 3 is 2.39 bits per heavy atom. The zero-order chi connectivity index (χ0) is 13.6. The van der Waals surface area contributed by atoms with Crippen LogP contribution in [0, 0.1) is 0 Å². The predicted octanol–water partition coefficient (Wildman–Crippen LogP) is 1.82. The number of hydrogen-bond acceptors (Lipinski definition) is 5.